The van der Waals surface area contributed by atoms with Crippen molar-refractivity contribution in [1.82, 2.24) is 5.32 Å². The Kier molecular flexibility index (Phi) is 3.24. The first-order valence-corrected chi connectivity index (χ1v) is 5.41. The van der Waals surface area contributed by atoms with Crippen LogP contribution in [0.3, 0.4) is 0 Å². The molecule has 0 saturated carbocycles. The second kappa shape index (κ2) is 4.83. The molecule has 1 amide bonds. The summed E-state index contributed by atoms with van der Waals surface area (Å²) < 4.78 is 13.3. The first-order chi connectivity index (χ1) is 8.19. The lowest BCUT2D eigenvalue weighted by Crippen LogP contribution is -2.28. The van der Waals surface area contributed by atoms with Crippen LogP contribution in [0, 0.1) is 17.1 Å². The van der Waals surface area contributed by atoms with Crippen molar-refractivity contribution in [3.63, 3.8) is 0 Å². The molecular formula is C12H12FN3O. The number of nitrogens with zero attached hydrogens (tertiary/aromatic N) is 2. The minimum absolute atomic E-state index is 0.00408. The zero-order chi connectivity index (χ0) is 12.3. The number of hydrogen-bond acceptors (Lipinski definition) is 3. The molecule has 0 aromatic heterocycles. The van der Waals surface area contributed by atoms with Gasteiger partial charge in [-0.15, -0.1) is 0 Å². The third-order valence-corrected chi connectivity index (χ3v) is 2.69. The maximum Gasteiger partial charge on any atom is 0.221 e. The van der Waals surface area contributed by atoms with Crippen LogP contribution < -0.4 is 10.2 Å². The molecule has 1 aliphatic heterocycles. The predicted octanol–water partition coefficient (Wildman–Crippen LogP) is 1.02. The molecule has 0 unspecified atom stereocenters. The summed E-state index contributed by atoms with van der Waals surface area (Å²) in [5.41, 5.74) is 0.946. The van der Waals surface area contributed by atoms with E-state index in [1.165, 1.54) is 12.1 Å². The van der Waals surface area contributed by atoms with E-state index in [2.05, 4.69) is 5.32 Å². The van der Waals surface area contributed by atoms with Gasteiger partial charge in [-0.1, -0.05) is 0 Å². The summed E-state index contributed by atoms with van der Waals surface area (Å²) in [5.74, 6) is -0.424. The van der Waals surface area contributed by atoms with E-state index in [0.717, 1.165) is 0 Å². The molecule has 1 fully saturated rings. The molecule has 1 heterocycles. The third-order valence-electron chi connectivity index (χ3n) is 2.69. The number of nitrogens with one attached hydrogen (secondary N) is 1. The number of benzene rings is 1. The average Bonchev–Trinajstić information content (AvgIpc) is 2.53. The van der Waals surface area contributed by atoms with Crippen LogP contribution >= 0.6 is 0 Å². The Labute approximate surface area is 98.6 Å². The molecular weight excluding hydrogens is 221 g/mol. The van der Waals surface area contributed by atoms with Gasteiger partial charge in [0.25, 0.3) is 0 Å². The Morgan fingerprint density at radius 1 is 1.35 bits per heavy atom. The van der Waals surface area contributed by atoms with Crippen molar-refractivity contribution in [1.29, 1.82) is 5.26 Å². The first-order valence-electron chi connectivity index (χ1n) is 5.41. The topological polar surface area (TPSA) is 56.1 Å². The number of hydrogen-bond donors (Lipinski definition) is 1. The molecule has 0 bridgehead atoms. The highest BCUT2D eigenvalue weighted by molar-refractivity contribution is 5.77. The van der Waals surface area contributed by atoms with E-state index in [1.807, 2.05) is 11.0 Å². The largest absolute Gasteiger partial charge is 0.369 e. The van der Waals surface area contributed by atoms with Crippen LogP contribution in [0.2, 0.25) is 0 Å². The van der Waals surface area contributed by atoms with Crippen LogP contribution in [0.15, 0.2) is 18.2 Å². The molecule has 1 aliphatic rings. The van der Waals surface area contributed by atoms with Crippen molar-refractivity contribution in [3.8, 4) is 6.07 Å². The quantitative estimate of drug-likeness (QED) is 0.788. The molecule has 4 nitrogen and oxygen atoms in total. The van der Waals surface area contributed by atoms with E-state index in [4.69, 9.17) is 5.26 Å². The van der Waals surface area contributed by atoms with E-state index in [1.54, 1.807) is 6.07 Å². The molecule has 1 aromatic rings. The molecule has 2 rings (SSSR count). The number of carbonyl (C=O) groups is 1. The minimum atomic E-state index is -0.428. The Balaban J connectivity index is 2.24. The van der Waals surface area contributed by atoms with Gasteiger partial charge in [-0.05, 0) is 18.2 Å². The summed E-state index contributed by atoms with van der Waals surface area (Å²) in [6.07, 6.45) is 0.387. The molecule has 17 heavy (non-hydrogen) atoms. The summed E-state index contributed by atoms with van der Waals surface area (Å²) in [6, 6.07) is 6.14. The van der Waals surface area contributed by atoms with E-state index < -0.39 is 5.82 Å². The zero-order valence-corrected chi connectivity index (χ0v) is 9.24. The average molecular weight is 233 g/mol. The number of carbonyl (C=O) groups excluding carboxylic acids is 1. The zero-order valence-electron chi connectivity index (χ0n) is 9.24. The van der Waals surface area contributed by atoms with Crippen LogP contribution in [-0.4, -0.2) is 25.5 Å². The lowest BCUT2D eigenvalue weighted by atomic mass is 10.2. The van der Waals surface area contributed by atoms with Crippen LogP contribution in [0.1, 0.15) is 12.0 Å². The molecule has 5 heteroatoms. The van der Waals surface area contributed by atoms with Crippen LogP contribution in [0.4, 0.5) is 10.1 Å². The minimum Gasteiger partial charge on any atom is -0.369 e. The van der Waals surface area contributed by atoms with Gasteiger partial charge in [-0.2, -0.15) is 5.26 Å². The Hall–Kier alpha value is -2.09. The predicted molar refractivity (Wildman–Crippen MR) is 61.0 cm³/mol. The SMILES string of the molecule is N#Cc1cc(F)cc(N2CCNC(=O)CC2)c1. The van der Waals surface area contributed by atoms with Gasteiger partial charge < -0.3 is 10.2 Å². The van der Waals surface area contributed by atoms with E-state index >= 15 is 0 Å². The molecule has 0 atom stereocenters. The fourth-order valence-electron chi connectivity index (χ4n) is 1.85. The second-order valence-corrected chi connectivity index (χ2v) is 3.90. The smallest absolute Gasteiger partial charge is 0.221 e. The summed E-state index contributed by atoms with van der Waals surface area (Å²) >= 11 is 0. The second-order valence-electron chi connectivity index (χ2n) is 3.90. The molecule has 88 valence electrons. The summed E-state index contributed by atoms with van der Waals surface area (Å²) in [7, 11) is 0. The molecule has 0 aliphatic carbocycles. The van der Waals surface area contributed by atoms with Crippen molar-refractivity contribution in [2.24, 2.45) is 0 Å². The van der Waals surface area contributed by atoms with Gasteiger partial charge in [0.05, 0.1) is 11.6 Å². The maximum atomic E-state index is 13.3. The van der Waals surface area contributed by atoms with Crippen LogP contribution in [0.5, 0.6) is 0 Å². The standard InChI is InChI=1S/C12H12FN3O/c13-10-5-9(8-14)6-11(7-10)16-3-1-12(17)15-2-4-16/h5-7H,1-4H2,(H,15,17). The Morgan fingerprint density at radius 2 is 2.18 bits per heavy atom. The number of halogens is 1. The van der Waals surface area contributed by atoms with Crippen LogP contribution in [0.25, 0.3) is 0 Å². The maximum absolute atomic E-state index is 13.3. The van der Waals surface area contributed by atoms with Gasteiger partial charge in [0.1, 0.15) is 5.82 Å². The van der Waals surface area contributed by atoms with Gasteiger partial charge in [0.15, 0.2) is 0 Å². The number of amides is 1. The van der Waals surface area contributed by atoms with E-state index in [9.17, 15) is 9.18 Å². The van der Waals surface area contributed by atoms with Crippen LogP contribution in [-0.2, 0) is 4.79 Å². The Bertz CT molecular complexity index is 481. The molecule has 1 saturated heterocycles. The fourth-order valence-corrected chi connectivity index (χ4v) is 1.85. The van der Waals surface area contributed by atoms with Crippen molar-refractivity contribution < 1.29 is 9.18 Å². The molecule has 1 N–H and O–H groups in total. The monoisotopic (exact) mass is 233 g/mol. The van der Waals surface area contributed by atoms with Crippen molar-refractivity contribution >= 4 is 11.6 Å². The molecule has 1 aromatic carbocycles. The number of nitriles is 1. The van der Waals surface area contributed by atoms with Gasteiger partial charge in [-0.3, -0.25) is 4.79 Å². The highest BCUT2D eigenvalue weighted by atomic mass is 19.1. The summed E-state index contributed by atoms with van der Waals surface area (Å²) in [5, 5.41) is 11.5. The van der Waals surface area contributed by atoms with Gasteiger partial charge in [0, 0.05) is 31.7 Å². The molecule has 0 radical (unpaired) electrons. The Morgan fingerprint density at radius 3 is 2.94 bits per heavy atom. The first kappa shape index (κ1) is 11.4. The molecule has 0 spiro atoms. The van der Waals surface area contributed by atoms with E-state index in [0.29, 0.717) is 37.3 Å². The number of rotatable bonds is 1. The summed E-state index contributed by atoms with van der Waals surface area (Å²) in [6.45, 7) is 1.71. The highest BCUT2D eigenvalue weighted by Crippen LogP contribution is 2.19. The summed E-state index contributed by atoms with van der Waals surface area (Å²) in [4.78, 5) is 13.1. The van der Waals surface area contributed by atoms with Gasteiger partial charge >= 0.3 is 0 Å². The lowest BCUT2D eigenvalue weighted by Gasteiger charge is -2.21. The lowest BCUT2D eigenvalue weighted by molar-refractivity contribution is -0.120. The fraction of sp³-hybridized carbons (Fsp3) is 0.333. The van der Waals surface area contributed by atoms with Crippen molar-refractivity contribution in [3.05, 3.63) is 29.6 Å². The third kappa shape index (κ3) is 2.72. The van der Waals surface area contributed by atoms with Crippen molar-refractivity contribution in [2.75, 3.05) is 24.5 Å². The number of anilines is 1. The normalized spacial score (nSPS) is 16.0. The van der Waals surface area contributed by atoms with Crippen molar-refractivity contribution in [2.45, 2.75) is 6.42 Å². The van der Waals surface area contributed by atoms with Gasteiger partial charge in [0.2, 0.25) is 5.91 Å². The van der Waals surface area contributed by atoms with E-state index in [-0.39, 0.29) is 5.91 Å². The van der Waals surface area contributed by atoms with Gasteiger partial charge in [-0.25, -0.2) is 4.39 Å². The highest BCUT2D eigenvalue weighted by Gasteiger charge is 2.14.